The number of para-hydroxylation sites is 2. The van der Waals surface area contributed by atoms with Crippen LogP contribution >= 0.6 is 11.8 Å². The molecule has 3 aromatic carbocycles. The molecule has 0 aliphatic heterocycles. The Morgan fingerprint density at radius 3 is 2.61 bits per heavy atom. The highest BCUT2D eigenvalue weighted by Gasteiger charge is 2.16. The summed E-state index contributed by atoms with van der Waals surface area (Å²) in [6.45, 7) is 4.36. The first-order valence-corrected chi connectivity index (χ1v) is 11.6. The van der Waals surface area contributed by atoms with Gasteiger partial charge < -0.3 is 10.1 Å². The van der Waals surface area contributed by atoms with Gasteiger partial charge in [-0.3, -0.25) is 14.2 Å². The number of nitrogens with one attached hydrogen (secondary N) is 1. The van der Waals surface area contributed by atoms with E-state index in [9.17, 15) is 9.59 Å². The monoisotopic (exact) mass is 459 g/mol. The van der Waals surface area contributed by atoms with E-state index in [2.05, 4.69) is 5.32 Å². The number of methoxy groups -OCH3 is 1. The van der Waals surface area contributed by atoms with E-state index in [1.807, 2.05) is 74.5 Å². The molecule has 0 radical (unpaired) electrons. The Morgan fingerprint density at radius 1 is 1.03 bits per heavy atom. The fraction of sp³-hybridized carbons (Fsp3) is 0.192. The number of hydrogen-bond donors (Lipinski definition) is 1. The smallest absolute Gasteiger partial charge is 0.266 e. The normalized spacial score (nSPS) is 10.9. The Morgan fingerprint density at radius 2 is 1.79 bits per heavy atom. The lowest BCUT2D eigenvalue weighted by Crippen LogP contribution is -2.26. The fourth-order valence-electron chi connectivity index (χ4n) is 3.62. The third-order valence-corrected chi connectivity index (χ3v) is 6.50. The average Bonchev–Trinajstić information content (AvgIpc) is 2.84. The molecule has 0 spiro atoms. The second kappa shape index (κ2) is 9.92. The van der Waals surface area contributed by atoms with Gasteiger partial charge in [-0.1, -0.05) is 54.2 Å². The lowest BCUT2D eigenvalue weighted by molar-refractivity contribution is -0.118. The molecule has 7 heteroatoms. The molecule has 1 amide bonds. The van der Waals surface area contributed by atoms with Crippen molar-refractivity contribution in [3.8, 4) is 11.4 Å². The van der Waals surface area contributed by atoms with Crippen molar-refractivity contribution in [3.63, 3.8) is 0 Å². The molecule has 0 saturated carbocycles. The molecular formula is C26H25N3O3S. The van der Waals surface area contributed by atoms with Crippen molar-refractivity contribution in [2.24, 2.45) is 0 Å². The first-order chi connectivity index (χ1) is 16.0. The van der Waals surface area contributed by atoms with Crippen LogP contribution in [-0.4, -0.2) is 28.3 Å². The standard InChI is InChI=1S/C26H25N3O3S/c1-17-9-8-13-22(18(17)2)29-25(31)20-11-5-6-12-21(20)28-26(29)33-16-24(30)27-15-19-10-4-7-14-23(19)32-3/h4-14H,15-16H2,1-3H3,(H,27,30). The van der Waals surface area contributed by atoms with Crippen molar-refractivity contribution in [3.05, 3.63) is 93.8 Å². The number of carbonyl (C=O) groups excluding carboxylic acids is 1. The average molecular weight is 460 g/mol. The first-order valence-electron chi connectivity index (χ1n) is 10.6. The molecule has 0 aliphatic carbocycles. The van der Waals surface area contributed by atoms with Crippen molar-refractivity contribution in [1.82, 2.24) is 14.9 Å². The minimum Gasteiger partial charge on any atom is -0.496 e. The molecule has 4 rings (SSSR count). The Labute approximate surface area is 196 Å². The molecule has 1 N–H and O–H groups in total. The lowest BCUT2D eigenvalue weighted by Gasteiger charge is -2.16. The molecule has 4 aromatic rings. The summed E-state index contributed by atoms with van der Waals surface area (Å²) in [5.41, 5.74) is 4.22. The number of benzene rings is 3. The Hall–Kier alpha value is -3.58. The molecule has 0 saturated heterocycles. The summed E-state index contributed by atoms with van der Waals surface area (Å²) in [6.07, 6.45) is 0. The maximum absolute atomic E-state index is 13.4. The van der Waals surface area contributed by atoms with Crippen LogP contribution in [0.3, 0.4) is 0 Å². The minimum absolute atomic E-state index is 0.130. The molecule has 0 fully saturated rings. The second-order valence-corrected chi connectivity index (χ2v) is 8.59. The molecule has 33 heavy (non-hydrogen) atoms. The van der Waals surface area contributed by atoms with Crippen molar-refractivity contribution in [2.75, 3.05) is 12.9 Å². The van der Waals surface area contributed by atoms with Gasteiger partial charge in [0, 0.05) is 12.1 Å². The highest BCUT2D eigenvalue weighted by atomic mass is 32.2. The second-order valence-electron chi connectivity index (χ2n) is 7.65. The Balaban J connectivity index is 1.62. The number of carbonyl (C=O) groups is 1. The summed E-state index contributed by atoms with van der Waals surface area (Å²) in [7, 11) is 1.61. The summed E-state index contributed by atoms with van der Waals surface area (Å²) in [6, 6.07) is 20.7. The summed E-state index contributed by atoms with van der Waals surface area (Å²) in [4.78, 5) is 30.8. The van der Waals surface area contributed by atoms with Gasteiger partial charge in [-0.2, -0.15) is 0 Å². The molecule has 0 aliphatic rings. The number of fused-ring (bicyclic) bond motifs is 1. The van der Waals surface area contributed by atoms with Crippen LogP contribution in [0.1, 0.15) is 16.7 Å². The first kappa shape index (κ1) is 22.6. The van der Waals surface area contributed by atoms with Crippen molar-refractivity contribution in [2.45, 2.75) is 25.5 Å². The number of thioether (sulfide) groups is 1. The van der Waals surface area contributed by atoms with Crippen LogP contribution in [0.5, 0.6) is 5.75 Å². The number of nitrogens with zero attached hydrogens (tertiary/aromatic N) is 2. The van der Waals surface area contributed by atoms with Crippen molar-refractivity contribution < 1.29 is 9.53 Å². The predicted octanol–water partition coefficient (Wildman–Crippen LogP) is 4.42. The predicted molar refractivity (Wildman–Crippen MR) is 132 cm³/mol. The zero-order chi connectivity index (χ0) is 23.4. The summed E-state index contributed by atoms with van der Waals surface area (Å²) in [5, 5.41) is 3.95. The molecule has 6 nitrogen and oxygen atoms in total. The number of hydrogen-bond acceptors (Lipinski definition) is 5. The van der Waals surface area contributed by atoms with E-state index in [1.54, 1.807) is 17.7 Å². The number of rotatable bonds is 7. The van der Waals surface area contributed by atoms with E-state index < -0.39 is 0 Å². The van der Waals surface area contributed by atoms with Gasteiger partial charge in [-0.15, -0.1) is 0 Å². The zero-order valence-electron chi connectivity index (χ0n) is 18.8. The molecule has 168 valence electrons. The maximum Gasteiger partial charge on any atom is 0.266 e. The van der Waals surface area contributed by atoms with Gasteiger partial charge in [0.25, 0.3) is 5.56 Å². The summed E-state index contributed by atoms with van der Waals surface area (Å²) < 4.78 is 6.96. The number of aryl methyl sites for hydroxylation is 1. The fourth-order valence-corrected chi connectivity index (χ4v) is 4.46. The van der Waals surface area contributed by atoms with E-state index in [0.29, 0.717) is 22.6 Å². The van der Waals surface area contributed by atoms with Crippen LogP contribution in [0.2, 0.25) is 0 Å². The van der Waals surface area contributed by atoms with Gasteiger partial charge >= 0.3 is 0 Å². The minimum atomic E-state index is -0.152. The number of amides is 1. The molecule has 0 bridgehead atoms. The summed E-state index contributed by atoms with van der Waals surface area (Å²) >= 11 is 1.25. The van der Waals surface area contributed by atoms with Gasteiger partial charge in [-0.25, -0.2) is 4.98 Å². The number of ether oxygens (including phenoxy) is 1. The van der Waals surface area contributed by atoms with Gasteiger partial charge in [0.2, 0.25) is 5.91 Å². The van der Waals surface area contributed by atoms with Gasteiger partial charge in [0.15, 0.2) is 5.16 Å². The maximum atomic E-state index is 13.4. The van der Waals surface area contributed by atoms with Gasteiger partial charge in [0.1, 0.15) is 5.75 Å². The highest BCUT2D eigenvalue weighted by molar-refractivity contribution is 7.99. The Kier molecular flexibility index (Phi) is 6.79. The van der Waals surface area contributed by atoms with Gasteiger partial charge in [-0.05, 0) is 49.2 Å². The van der Waals surface area contributed by atoms with Crippen molar-refractivity contribution in [1.29, 1.82) is 0 Å². The van der Waals surface area contributed by atoms with Crippen LogP contribution < -0.4 is 15.6 Å². The van der Waals surface area contributed by atoms with Crippen LogP contribution in [0.4, 0.5) is 0 Å². The van der Waals surface area contributed by atoms with Crippen molar-refractivity contribution >= 4 is 28.6 Å². The summed E-state index contributed by atoms with van der Waals surface area (Å²) in [5.74, 6) is 0.705. The zero-order valence-corrected chi connectivity index (χ0v) is 19.6. The quantitative estimate of drug-likeness (QED) is 0.327. The van der Waals surface area contributed by atoms with E-state index in [4.69, 9.17) is 9.72 Å². The molecule has 0 atom stereocenters. The molecule has 0 unspecified atom stereocenters. The van der Waals surface area contributed by atoms with E-state index in [1.165, 1.54) is 11.8 Å². The number of aromatic nitrogens is 2. The van der Waals surface area contributed by atoms with Crippen LogP contribution in [0, 0.1) is 13.8 Å². The third kappa shape index (κ3) is 4.78. The topological polar surface area (TPSA) is 73.2 Å². The van der Waals surface area contributed by atoms with E-state index >= 15 is 0 Å². The molecular weight excluding hydrogens is 434 g/mol. The van der Waals surface area contributed by atoms with Gasteiger partial charge in [0.05, 0.1) is 29.5 Å². The SMILES string of the molecule is COc1ccccc1CNC(=O)CSc1nc2ccccc2c(=O)n1-c1cccc(C)c1C. The molecule has 1 aromatic heterocycles. The van der Waals surface area contributed by atoms with Crippen LogP contribution in [-0.2, 0) is 11.3 Å². The highest BCUT2D eigenvalue weighted by Crippen LogP contribution is 2.24. The Bertz CT molecular complexity index is 1380. The van der Waals surface area contributed by atoms with E-state index in [-0.39, 0.29) is 17.2 Å². The lowest BCUT2D eigenvalue weighted by atomic mass is 10.1. The molecule has 1 heterocycles. The largest absolute Gasteiger partial charge is 0.496 e. The van der Waals surface area contributed by atoms with Crippen LogP contribution in [0.25, 0.3) is 16.6 Å². The van der Waals surface area contributed by atoms with Crippen LogP contribution in [0.15, 0.2) is 76.7 Å². The third-order valence-electron chi connectivity index (χ3n) is 5.56. The van der Waals surface area contributed by atoms with E-state index in [0.717, 1.165) is 28.1 Å².